The van der Waals surface area contributed by atoms with Gasteiger partial charge in [-0.05, 0) is 29.8 Å². The fourth-order valence-corrected chi connectivity index (χ4v) is 3.73. The Hall–Kier alpha value is -2.77. The van der Waals surface area contributed by atoms with Gasteiger partial charge in [0.05, 0.1) is 21.3 Å². The fourth-order valence-electron chi connectivity index (χ4n) is 2.68. The first-order valence-electron chi connectivity index (χ1n) is 8.34. The number of nitrogens with zero attached hydrogens (tertiary/aromatic N) is 1. The highest BCUT2D eigenvalue weighted by atomic mass is 35.5. The Balaban J connectivity index is 1.76. The van der Waals surface area contributed by atoms with Crippen molar-refractivity contribution in [3.63, 3.8) is 0 Å². The van der Waals surface area contributed by atoms with Crippen LogP contribution in [-0.4, -0.2) is 32.2 Å². The first-order chi connectivity index (χ1) is 13.5. The Labute approximate surface area is 172 Å². The molecule has 1 N–H and O–H groups in total. The molecule has 8 heteroatoms. The Morgan fingerprint density at radius 3 is 2.43 bits per heavy atom. The van der Waals surface area contributed by atoms with E-state index in [9.17, 15) is 4.79 Å². The van der Waals surface area contributed by atoms with Gasteiger partial charge in [-0.25, -0.2) is 4.98 Å². The number of carbonyl (C=O) groups excluding carboxylic acids is 1. The number of carbonyl (C=O) groups is 1. The summed E-state index contributed by atoms with van der Waals surface area (Å²) in [7, 11) is 4.51. The van der Waals surface area contributed by atoms with E-state index < -0.39 is 0 Å². The minimum absolute atomic E-state index is 0.317. The third-order valence-corrected chi connectivity index (χ3v) is 5.12. The Kier molecular flexibility index (Phi) is 6.38. The van der Waals surface area contributed by atoms with Crippen molar-refractivity contribution in [2.75, 3.05) is 26.6 Å². The van der Waals surface area contributed by atoms with Crippen molar-refractivity contribution in [3.8, 4) is 17.2 Å². The summed E-state index contributed by atoms with van der Waals surface area (Å²) in [4.78, 5) is 18.0. The van der Waals surface area contributed by atoms with Gasteiger partial charge >= 0.3 is 0 Å². The number of benzene rings is 2. The second kappa shape index (κ2) is 8.95. The molecule has 28 heavy (non-hydrogen) atoms. The lowest BCUT2D eigenvalue weighted by Gasteiger charge is -2.13. The molecular formula is C20H19ClN2O4S. The number of anilines is 1. The summed E-state index contributed by atoms with van der Waals surface area (Å²) in [6, 6.07) is 10.8. The van der Waals surface area contributed by atoms with Crippen molar-refractivity contribution >= 4 is 34.0 Å². The van der Waals surface area contributed by atoms with E-state index in [2.05, 4.69) is 10.3 Å². The molecule has 0 spiro atoms. The number of rotatable bonds is 7. The van der Waals surface area contributed by atoms with Crippen molar-refractivity contribution < 1.29 is 19.0 Å². The third kappa shape index (κ3) is 4.55. The number of ether oxygens (including phenoxy) is 3. The molecule has 1 heterocycles. The molecule has 0 saturated heterocycles. The molecule has 0 unspecified atom stereocenters. The highest BCUT2D eigenvalue weighted by Gasteiger charge is 2.18. The van der Waals surface area contributed by atoms with Crippen molar-refractivity contribution in [2.45, 2.75) is 6.42 Å². The maximum atomic E-state index is 12.6. The van der Waals surface area contributed by atoms with Crippen molar-refractivity contribution in [1.82, 2.24) is 4.98 Å². The van der Waals surface area contributed by atoms with Gasteiger partial charge < -0.3 is 14.2 Å². The zero-order valence-corrected chi connectivity index (χ0v) is 17.2. The van der Waals surface area contributed by atoms with Gasteiger partial charge in [0.2, 0.25) is 5.75 Å². The normalized spacial score (nSPS) is 10.4. The molecule has 0 atom stereocenters. The van der Waals surface area contributed by atoms with E-state index >= 15 is 0 Å². The molecule has 0 saturated carbocycles. The van der Waals surface area contributed by atoms with Crippen LogP contribution in [0.1, 0.15) is 20.8 Å². The molecule has 2 aromatic carbocycles. The van der Waals surface area contributed by atoms with Crippen LogP contribution in [0, 0.1) is 0 Å². The van der Waals surface area contributed by atoms with Gasteiger partial charge in [-0.1, -0.05) is 23.7 Å². The minimum atomic E-state index is -0.317. The summed E-state index contributed by atoms with van der Waals surface area (Å²) >= 11 is 7.44. The summed E-state index contributed by atoms with van der Waals surface area (Å²) in [5.41, 5.74) is 1.46. The number of hydrogen-bond donors (Lipinski definition) is 1. The molecule has 0 fully saturated rings. The number of nitrogens with one attached hydrogen (secondary N) is 1. The molecule has 0 bridgehead atoms. The van der Waals surface area contributed by atoms with Gasteiger partial charge in [0.25, 0.3) is 5.91 Å². The first-order valence-corrected chi connectivity index (χ1v) is 9.54. The monoisotopic (exact) mass is 418 g/mol. The zero-order chi connectivity index (χ0) is 20.1. The SMILES string of the molecule is COc1cc(C(=O)Nc2ncc(Cc3cccc(Cl)c3)s2)cc(OC)c1OC. The van der Waals surface area contributed by atoms with Crippen LogP contribution in [0.5, 0.6) is 17.2 Å². The molecule has 1 amide bonds. The van der Waals surface area contributed by atoms with E-state index in [1.54, 1.807) is 18.3 Å². The number of aromatic nitrogens is 1. The van der Waals surface area contributed by atoms with Crippen LogP contribution < -0.4 is 19.5 Å². The summed E-state index contributed by atoms with van der Waals surface area (Å²) in [6.07, 6.45) is 2.44. The predicted molar refractivity (Wildman–Crippen MR) is 110 cm³/mol. The number of hydrogen-bond acceptors (Lipinski definition) is 6. The lowest BCUT2D eigenvalue weighted by molar-refractivity contribution is 0.102. The predicted octanol–water partition coefficient (Wildman–Crippen LogP) is 4.67. The van der Waals surface area contributed by atoms with E-state index in [0.29, 0.717) is 39.4 Å². The van der Waals surface area contributed by atoms with Gasteiger partial charge in [-0.15, -0.1) is 11.3 Å². The summed E-state index contributed by atoms with van der Waals surface area (Å²) < 4.78 is 15.9. The average Bonchev–Trinajstić information content (AvgIpc) is 3.13. The highest BCUT2D eigenvalue weighted by Crippen LogP contribution is 2.38. The smallest absolute Gasteiger partial charge is 0.257 e. The molecule has 3 rings (SSSR count). The van der Waals surface area contributed by atoms with E-state index in [0.717, 1.165) is 10.4 Å². The first kappa shape index (κ1) is 20.0. The maximum absolute atomic E-state index is 12.6. The number of halogens is 1. The lowest BCUT2D eigenvalue weighted by atomic mass is 10.1. The van der Waals surface area contributed by atoms with Crippen LogP contribution in [-0.2, 0) is 6.42 Å². The van der Waals surface area contributed by atoms with Crippen molar-refractivity contribution in [2.24, 2.45) is 0 Å². The molecule has 0 aliphatic rings. The lowest BCUT2D eigenvalue weighted by Crippen LogP contribution is -2.12. The fraction of sp³-hybridized carbons (Fsp3) is 0.200. The minimum Gasteiger partial charge on any atom is -0.493 e. The quantitative estimate of drug-likeness (QED) is 0.604. The zero-order valence-electron chi connectivity index (χ0n) is 15.6. The molecule has 0 aliphatic heterocycles. The Bertz CT molecular complexity index is 965. The third-order valence-electron chi connectivity index (χ3n) is 3.97. The van der Waals surface area contributed by atoms with Gasteiger partial charge in [-0.3, -0.25) is 10.1 Å². The molecule has 0 aliphatic carbocycles. The maximum Gasteiger partial charge on any atom is 0.257 e. The number of thiazole rings is 1. The van der Waals surface area contributed by atoms with Crippen LogP contribution >= 0.6 is 22.9 Å². The van der Waals surface area contributed by atoms with Gasteiger partial charge in [-0.2, -0.15) is 0 Å². The highest BCUT2D eigenvalue weighted by molar-refractivity contribution is 7.15. The topological polar surface area (TPSA) is 69.7 Å². The molecular weight excluding hydrogens is 400 g/mol. The second-order valence-electron chi connectivity index (χ2n) is 5.81. The van der Waals surface area contributed by atoms with Crippen LogP contribution in [0.25, 0.3) is 0 Å². The Morgan fingerprint density at radius 1 is 1.11 bits per heavy atom. The summed E-state index contributed by atoms with van der Waals surface area (Å²) in [6.45, 7) is 0. The van der Waals surface area contributed by atoms with Gasteiger partial charge in [0, 0.05) is 28.1 Å². The summed E-state index contributed by atoms with van der Waals surface area (Å²) in [5.74, 6) is 0.933. The molecule has 0 radical (unpaired) electrons. The standard InChI is InChI=1S/C20H19ClN2O4S/c1-25-16-9-13(10-17(26-2)18(16)27-3)19(24)23-20-22-11-15(28-20)8-12-5-4-6-14(21)7-12/h4-7,9-11H,8H2,1-3H3,(H,22,23,24). The van der Waals surface area contributed by atoms with Crippen molar-refractivity contribution in [1.29, 1.82) is 0 Å². The van der Waals surface area contributed by atoms with E-state index in [4.69, 9.17) is 25.8 Å². The van der Waals surface area contributed by atoms with Gasteiger partial charge in [0.1, 0.15) is 0 Å². The average molecular weight is 419 g/mol. The van der Waals surface area contributed by atoms with Gasteiger partial charge in [0.15, 0.2) is 16.6 Å². The molecule has 146 valence electrons. The molecule has 3 aromatic rings. The molecule has 6 nitrogen and oxygen atoms in total. The van der Waals surface area contributed by atoms with E-state index in [1.807, 2.05) is 24.3 Å². The second-order valence-corrected chi connectivity index (χ2v) is 7.36. The summed E-state index contributed by atoms with van der Waals surface area (Å²) in [5, 5.41) is 4.01. The number of amides is 1. The largest absolute Gasteiger partial charge is 0.493 e. The Morgan fingerprint density at radius 2 is 1.82 bits per heavy atom. The van der Waals surface area contributed by atoms with E-state index in [1.165, 1.54) is 32.7 Å². The van der Waals surface area contributed by atoms with E-state index in [-0.39, 0.29) is 5.91 Å². The van der Waals surface area contributed by atoms with Crippen LogP contribution in [0.3, 0.4) is 0 Å². The van der Waals surface area contributed by atoms with Crippen molar-refractivity contribution in [3.05, 3.63) is 63.6 Å². The number of methoxy groups -OCH3 is 3. The molecule has 1 aromatic heterocycles. The van der Waals surface area contributed by atoms with Crippen LogP contribution in [0.2, 0.25) is 5.02 Å². The van der Waals surface area contributed by atoms with Crippen LogP contribution in [0.15, 0.2) is 42.6 Å². The van der Waals surface area contributed by atoms with Crippen LogP contribution in [0.4, 0.5) is 5.13 Å².